The molecule has 4 N–H and O–H groups in total. The smallest absolute Gasteiger partial charge is 0.223 e. The van der Waals surface area contributed by atoms with E-state index in [4.69, 9.17) is 5.73 Å². The highest BCUT2D eigenvalue weighted by Crippen LogP contribution is 2.28. The van der Waals surface area contributed by atoms with Crippen LogP contribution in [0.3, 0.4) is 0 Å². The molecule has 1 atom stereocenters. The summed E-state index contributed by atoms with van der Waals surface area (Å²) in [4.78, 5) is 12.0. The number of hydrogen-bond acceptors (Lipinski definition) is 3. The fourth-order valence-electron chi connectivity index (χ4n) is 2.38. The van der Waals surface area contributed by atoms with Crippen molar-refractivity contribution in [2.24, 2.45) is 23.5 Å². The van der Waals surface area contributed by atoms with Crippen LogP contribution in [-0.4, -0.2) is 30.2 Å². The molecule has 1 rings (SSSR count). The van der Waals surface area contributed by atoms with Gasteiger partial charge in [0.1, 0.15) is 0 Å². The van der Waals surface area contributed by atoms with Gasteiger partial charge in [-0.2, -0.15) is 0 Å². The summed E-state index contributed by atoms with van der Waals surface area (Å²) in [5, 5.41) is 12.1. The minimum absolute atomic E-state index is 0.0154. The maximum atomic E-state index is 12.0. The summed E-state index contributed by atoms with van der Waals surface area (Å²) in [6, 6.07) is -0.116. The maximum absolute atomic E-state index is 12.0. The first-order valence-corrected chi connectivity index (χ1v) is 6.69. The third kappa shape index (κ3) is 4.28. The summed E-state index contributed by atoms with van der Waals surface area (Å²) >= 11 is 0. The number of nitrogens with one attached hydrogen (secondary N) is 1. The number of carbonyl (C=O) groups is 1. The third-order valence-electron chi connectivity index (χ3n) is 3.88. The Bertz CT molecular complexity index is 236. The summed E-state index contributed by atoms with van der Waals surface area (Å²) in [6.07, 6.45) is 3.98. The van der Waals surface area contributed by atoms with Crippen LogP contribution in [0.1, 0.15) is 39.5 Å². The van der Waals surface area contributed by atoms with Gasteiger partial charge in [-0.3, -0.25) is 4.79 Å². The van der Waals surface area contributed by atoms with Gasteiger partial charge in [0.2, 0.25) is 5.91 Å². The number of nitrogens with two attached hydrogens (primary N) is 1. The van der Waals surface area contributed by atoms with Gasteiger partial charge >= 0.3 is 0 Å². The lowest BCUT2D eigenvalue weighted by Crippen LogP contribution is -2.44. The van der Waals surface area contributed by atoms with Crippen LogP contribution in [0.5, 0.6) is 0 Å². The largest absolute Gasteiger partial charge is 0.394 e. The molecule has 1 amide bonds. The fourth-order valence-corrected chi connectivity index (χ4v) is 2.38. The van der Waals surface area contributed by atoms with Gasteiger partial charge in [-0.1, -0.05) is 13.8 Å². The molecule has 4 heteroatoms. The molecule has 0 saturated heterocycles. The Kier molecular flexibility index (Phi) is 5.92. The number of carbonyl (C=O) groups excluding carboxylic acids is 1. The zero-order chi connectivity index (χ0) is 12.8. The third-order valence-corrected chi connectivity index (χ3v) is 3.88. The molecule has 0 unspecified atom stereocenters. The normalized spacial score (nSPS) is 26.9. The Labute approximate surface area is 104 Å². The number of rotatable bonds is 5. The van der Waals surface area contributed by atoms with Crippen LogP contribution in [0.4, 0.5) is 0 Å². The quantitative estimate of drug-likeness (QED) is 0.670. The molecular formula is C13H26N2O2. The van der Waals surface area contributed by atoms with Crippen molar-refractivity contribution in [3.63, 3.8) is 0 Å². The van der Waals surface area contributed by atoms with Crippen molar-refractivity contribution in [1.82, 2.24) is 5.32 Å². The Morgan fingerprint density at radius 3 is 2.35 bits per heavy atom. The summed E-state index contributed by atoms with van der Waals surface area (Å²) in [7, 11) is 0. The van der Waals surface area contributed by atoms with Gasteiger partial charge in [0.25, 0.3) is 0 Å². The van der Waals surface area contributed by atoms with Crippen LogP contribution >= 0.6 is 0 Å². The van der Waals surface area contributed by atoms with Crippen molar-refractivity contribution in [1.29, 1.82) is 0 Å². The van der Waals surface area contributed by atoms with Gasteiger partial charge in [-0.05, 0) is 44.1 Å². The van der Waals surface area contributed by atoms with E-state index < -0.39 is 0 Å². The minimum Gasteiger partial charge on any atom is -0.394 e. The van der Waals surface area contributed by atoms with Crippen molar-refractivity contribution < 1.29 is 9.90 Å². The standard InChI is InChI=1S/C13H26N2O2/c1-9(2)12(8-16)15-13(17)11-5-3-10(7-14)4-6-11/h9-12,16H,3-8,14H2,1-2H3,(H,15,17)/t10?,11?,12-/m1/s1. The topological polar surface area (TPSA) is 75.3 Å². The molecule has 0 aromatic carbocycles. The number of aliphatic hydroxyl groups is 1. The van der Waals surface area contributed by atoms with E-state index in [0.717, 1.165) is 32.2 Å². The van der Waals surface area contributed by atoms with Gasteiger partial charge in [-0.15, -0.1) is 0 Å². The molecule has 0 aliphatic heterocycles. The van der Waals surface area contributed by atoms with E-state index in [1.807, 2.05) is 13.8 Å². The van der Waals surface area contributed by atoms with Crippen molar-refractivity contribution >= 4 is 5.91 Å². The molecular weight excluding hydrogens is 216 g/mol. The molecule has 0 heterocycles. The highest BCUT2D eigenvalue weighted by Gasteiger charge is 2.27. The number of hydrogen-bond donors (Lipinski definition) is 3. The van der Waals surface area contributed by atoms with E-state index in [1.54, 1.807) is 0 Å². The number of aliphatic hydroxyl groups excluding tert-OH is 1. The zero-order valence-electron chi connectivity index (χ0n) is 11.0. The molecule has 0 aromatic heterocycles. The monoisotopic (exact) mass is 242 g/mol. The second-order valence-electron chi connectivity index (χ2n) is 5.50. The van der Waals surface area contributed by atoms with Gasteiger partial charge in [0.05, 0.1) is 12.6 Å². The average Bonchev–Trinajstić information content (AvgIpc) is 2.35. The van der Waals surface area contributed by atoms with E-state index in [1.165, 1.54) is 0 Å². The maximum Gasteiger partial charge on any atom is 0.223 e. The first kappa shape index (κ1) is 14.5. The van der Waals surface area contributed by atoms with Crippen LogP contribution in [0, 0.1) is 17.8 Å². The van der Waals surface area contributed by atoms with Crippen LogP contribution in [0.25, 0.3) is 0 Å². The summed E-state index contributed by atoms with van der Waals surface area (Å²) < 4.78 is 0. The fraction of sp³-hybridized carbons (Fsp3) is 0.923. The molecule has 1 fully saturated rings. The van der Waals surface area contributed by atoms with Crippen molar-refractivity contribution in [3.8, 4) is 0 Å². The second kappa shape index (κ2) is 6.97. The molecule has 4 nitrogen and oxygen atoms in total. The van der Waals surface area contributed by atoms with E-state index in [0.29, 0.717) is 5.92 Å². The first-order valence-electron chi connectivity index (χ1n) is 6.69. The summed E-state index contributed by atoms with van der Waals surface area (Å²) in [5.74, 6) is 1.08. The SMILES string of the molecule is CC(C)[C@@H](CO)NC(=O)C1CCC(CN)CC1. The molecule has 1 saturated carbocycles. The predicted molar refractivity (Wildman–Crippen MR) is 68.4 cm³/mol. The van der Waals surface area contributed by atoms with E-state index in [9.17, 15) is 9.90 Å². The Hall–Kier alpha value is -0.610. The van der Waals surface area contributed by atoms with Gasteiger partial charge in [-0.25, -0.2) is 0 Å². The van der Waals surface area contributed by atoms with Crippen LogP contribution in [0.2, 0.25) is 0 Å². The molecule has 1 aliphatic carbocycles. The number of amides is 1. The molecule has 100 valence electrons. The lowest BCUT2D eigenvalue weighted by molar-refractivity contribution is -0.127. The predicted octanol–water partition coefficient (Wildman–Crippen LogP) is 0.885. The molecule has 1 aliphatic rings. The van der Waals surface area contributed by atoms with Crippen LogP contribution in [-0.2, 0) is 4.79 Å². The van der Waals surface area contributed by atoms with Crippen molar-refractivity contribution in [2.45, 2.75) is 45.6 Å². The second-order valence-corrected chi connectivity index (χ2v) is 5.50. The van der Waals surface area contributed by atoms with E-state index in [-0.39, 0.29) is 30.4 Å². The van der Waals surface area contributed by atoms with Gasteiger partial charge < -0.3 is 16.2 Å². The summed E-state index contributed by atoms with van der Waals surface area (Å²) in [5.41, 5.74) is 5.63. The Morgan fingerprint density at radius 2 is 1.94 bits per heavy atom. The highest BCUT2D eigenvalue weighted by atomic mass is 16.3. The van der Waals surface area contributed by atoms with E-state index in [2.05, 4.69) is 5.32 Å². The summed E-state index contributed by atoms with van der Waals surface area (Å²) in [6.45, 7) is 4.76. The average molecular weight is 242 g/mol. The lowest BCUT2D eigenvalue weighted by atomic mass is 9.81. The minimum atomic E-state index is -0.116. The lowest BCUT2D eigenvalue weighted by Gasteiger charge is -2.29. The van der Waals surface area contributed by atoms with Gasteiger partial charge in [0, 0.05) is 5.92 Å². The Balaban J connectivity index is 2.38. The van der Waals surface area contributed by atoms with Crippen molar-refractivity contribution in [3.05, 3.63) is 0 Å². The van der Waals surface area contributed by atoms with Crippen LogP contribution in [0.15, 0.2) is 0 Å². The molecule has 0 spiro atoms. The zero-order valence-corrected chi connectivity index (χ0v) is 11.0. The highest BCUT2D eigenvalue weighted by molar-refractivity contribution is 5.79. The van der Waals surface area contributed by atoms with Crippen molar-refractivity contribution in [2.75, 3.05) is 13.2 Å². The van der Waals surface area contributed by atoms with Gasteiger partial charge in [0.15, 0.2) is 0 Å². The Morgan fingerprint density at radius 1 is 1.35 bits per heavy atom. The first-order chi connectivity index (χ1) is 8.08. The molecule has 0 radical (unpaired) electrons. The molecule has 17 heavy (non-hydrogen) atoms. The van der Waals surface area contributed by atoms with Crippen LogP contribution < -0.4 is 11.1 Å². The molecule has 0 bridgehead atoms. The van der Waals surface area contributed by atoms with E-state index >= 15 is 0 Å². The molecule has 0 aromatic rings.